The van der Waals surface area contributed by atoms with Crippen LogP contribution in [-0.4, -0.2) is 48.8 Å². The summed E-state index contributed by atoms with van der Waals surface area (Å²) in [5.41, 5.74) is 1.33. The molecule has 1 saturated heterocycles. The zero-order chi connectivity index (χ0) is 17.5. The maximum Gasteiger partial charge on any atom is 0.166 e. The van der Waals surface area contributed by atoms with Gasteiger partial charge < -0.3 is 15.5 Å². The highest BCUT2D eigenvalue weighted by Crippen LogP contribution is 2.16. The summed E-state index contributed by atoms with van der Waals surface area (Å²) in [6.07, 6.45) is 0. The Morgan fingerprint density at radius 3 is 2.52 bits per heavy atom. The molecule has 25 heavy (non-hydrogen) atoms. The number of anilines is 1. The molecule has 0 bridgehead atoms. The Balaban J connectivity index is 1.36. The van der Waals surface area contributed by atoms with Gasteiger partial charge in [-0.2, -0.15) is 0 Å². The summed E-state index contributed by atoms with van der Waals surface area (Å²) in [5, 5.41) is 9.46. The molecule has 134 valence electrons. The molecule has 1 aromatic carbocycles. The third-order valence-corrected chi connectivity index (χ3v) is 5.79. The fraction of sp³-hybridized carbons (Fsp3) is 0.421. The first-order valence-electron chi connectivity index (χ1n) is 8.80. The van der Waals surface area contributed by atoms with E-state index in [2.05, 4.69) is 75.2 Å². The Kier molecular flexibility index (Phi) is 6.67. The molecule has 2 N–H and O–H groups in total. The fourth-order valence-corrected chi connectivity index (χ4v) is 3.87. The van der Waals surface area contributed by atoms with Gasteiger partial charge in [0.05, 0.1) is 6.54 Å². The predicted molar refractivity (Wildman–Crippen MR) is 111 cm³/mol. The van der Waals surface area contributed by atoms with Crippen molar-refractivity contribution in [2.75, 3.05) is 37.6 Å². The number of hydrogen-bond acceptors (Lipinski definition) is 4. The number of piperazine rings is 1. The van der Waals surface area contributed by atoms with Gasteiger partial charge in [0.25, 0.3) is 0 Å². The maximum atomic E-state index is 5.39. The molecule has 4 nitrogen and oxygen atoms in total. The molecule has 1 aliphatic rings. The van der Waals surface area contributed by atoms with Crippen molar-refractivity contribution >= 4 is 34.4 Å². The molecular formula is C19H26N4S2. The molecule has 6 heteroatoms. The first-order valence-corrected chi connectivity index (χ1v) is 10.1. The number of nitrogens with one attached hydrogen (secondary N) is 2. The zero-order valence-corrected chi connectivity index (χ0v) is 16.3. The Hall–Kier alpha value is -1.63. The smallest absolute Gasteiger partial charge is 0.166 e. The number of nitrogens with zero attached hydrogens (tertiary/aromatic N) is 2. The molecule has 1 aliphatic heterocycles. The Morgan fingerprint density at radius 1 is 1.08 bits per heavy atom. The summed E-state index contributed by atoms with van der Waals surface area (Å²) in [4.78, 5) is 6.30. The summed E-state index contributed by atoms with van der Waals surface area (Å²) >= 11 is 7.13. The molecule has 0 amide bonds. The van der Waals surface area contributed by atoms with Gasteiger partial charge in [0.15, 0.2) is 5.11 Å². The highest BCUT2D eigenvalue weighted by molar-refractivity contribution is 7.80. The van der Waals surface area contributed by atoms with Gasteiger partial charge in [0.2, 0.25) is 0 Å². The standard InChI is InChI=1S/C19H26N4S2/c1-16(14-20-19(24)21-15-18-8-5-13-25-18)22-9-11-23(12-10-22)17-6-3-2-4-7-17/h2-8,13,16H,9-12,14-15H2,1H3,(H2,20,21,24). The van der Waals surface area contributed by atoms with Gasteiger partial charge in [-0.15, -0.1) is 11.3 Å². The number of thiophene rings is 1. The van der Waals surface area contributed by atoms with Crippen LogP contribution in [0.5, 0.6) is 0 Å². The second kappa shape index (κ2) is 9.17. The van der Waals surface area contributed by atoms with E-state index in [9.17, 15) is 0 Å². The van der Waals surface area contributed by atoms with Crippen LogP contribution in [0.15, 0.2) is 47.8 Å². The summed E-state index contributed by atoms with van der Waals surface area (Å²) < 4.78 is 0. The van der Waals surface area contributed by atoms with Crippen LogP contribution in [0, 0.1) is 0 Å². The fourth-order valence-electron chi connectivity index (χ4n) is 3.07. The van der Waals surface area contributed by atoms with Crippen molar-refractivity contribution in [3.05, 3.63) is 52.7 Å². The average molecular weight is 375 g/mol. The molecule has 0 radical (unpaired) electrons. The number of rotatable bonds is 6. The van der Waals surface area contributed by atoms with E-state index in [1.54, 1.807) is 11.3 Å². The first kappa shape index (κ1) is 18.2. The van der Waals surface area contributed by atoms with Crippen molar-refractivity contribution in [1.82, 2.24) is 15.5 Å². The van der Waals surface area contributed by atoms with E-state index in [0.717, 1.165) is 44.4 Å². The zero-order valence-electron chi connectivity index (χ0n) is 14.6. The summed E-state index contributed by atoms with van der Waals surface area (Å²) in [6, 6.07) is 15.3. The molecule has 0 saturated carbocycles. The van der Waals surface area contributed by atoms with Crippen LogP contribution in [0.4, 0.5) is 5.69 Å². The van der Waals surface area contributed by atoms with Gasteiger partial charge in [0.1, 0.15) is 0 Å². The molecular weight excluding hydrogens is 348 g/mol. The van der Waals surface area contributed by atoms with Crippen LogP contribution >= 0.6 is 23.6 Å². The summed E-state index contributed by atoms with van der Waals surface area (Å²) in [6.45, 7) is 8.29. The van der Waals surface area contributed by atoms with Crippen molar-refractivity contribution in [3.8, 4) is 0 Å². The van der Waals surface area contributed by atoms with Gasteiger partial charge in [-0.3, -0.25) is 4.90 Å². The van der Waals surface area contributed by atoms with E-state index in [0.29, 0.717) is 6.04 Å². The van der Waals surface area contributed by atoms with Crippen molar-refractivity contribution in [2.24, 2.45) is 0 Å². The van der Waals surface area contributed by atoms with Crippen LogP contribution in [0.1, 0.15) is 11.8 Å². The van der Waals surface area contributed by atoms with Crippen LogP contribution < -0.4 is 15.5 Å². The molecule has 2 heterocycles. The lowest BCUT2D eigenvalue weighted by atomic mass is 10.2. The maximum absolute atomic E-state index is 5.39. The van der Waals surface area contributed by atoms with Gasteiger partial charge in [0, 0.05) is 49.3 Å². The summed E-state index contributed by atoms with van der Waals surface area (Å²) in [7, 11) is 0. The number of para-hydroxylation sites is 1. The van der Waals surface area contributed by atoms with Crippen LogP contribution in [-0.2, 0) is 6.54 Å². The number of benzene rings is 1. The molecule has 0 aliphatic carbocycles. The van der Waals surface area contributed by atoms with Crippen LogP contribution in [0.25, 0.3) is 0 Å². The quantitative estimate of drug-likeness (QED) is 0.759. The highest BCUT2D eigenvalue weighted by Gasteiger charge is 2.21. The second-order valence-corrected chi connectivity index (χ2v) is 7.79. The number of thiocarbonyl (C=S) groups is 1. The van der Waals surface area contributed by atoms with E-state index >= 15 is 0 Å². The van der Waals surface area contributed by atoms with Gasteiger partial charge in [-0.1, -0.05) is 24.3 Å². The Morgan fingerprint density at radius 2 is 1.84 bits per heavy atom. The number of hydrogen-bond donors (Lipinski definition) is 2. The lowest BCUT2D eigenvalue weighted by Crippen LogP contribution is -2.53. The summed E-state index contributed by atoms with van der Waals surface area (Å²) in [5.74, 6) is 0. The lowest BCUT2D eigenvalue weighted by molar-refractivity contribution is 0.197. The third kappa shape index (κ3) is 5.42. The Labute approximate surface area is 159 Å². The van der Waals surface area contributed by atoms with Crippen LogP contribution in [0.3, 0.4) is 0 Å². The minimum Gasteiger partial charge on any atom is -0.369 e. The average Bonchev–Trinajstić information content (AvgIpc) is 3.19. The topological polar surface area (TPSA) is 30.5 Å². The molecule has 1 atom stereocenters. The minimum absolute atomic E-state index is 0.472. The Bertz CT molecular complexity index is 637. The molecule has 3 rings (SSSR count). The SMILES string of the molecule is CC(CNC(=S)NCc1cccs1)N1CCN(c2ccccc2)CC1. The van der Waals surface area contributed by atoms with E-state index in [1.165, 1.54) is 10.6 Å². The molecule has 1 unspecified atom stereocenters. The van der Waals surface area contributed by atoms with E-state index < -0.39 is 0 Å². The van der Waals surface area contributed by atoms with Crippen molar-refractivity contribution in [1.29, 1.82) is 0 Å². The molecule has 2 aromatic rings. The van der Waals surface area contributed by atoms with E-state index in [4.69, 9.17) is 12.2 Å². The van der Waals surface area contributed by atoms with Crippen LogP contribution in [0.2, 0.25) is 0 Å². The van der Waals surface area contributed by atoms with Crippen molar-refractivity contribution < 1.29 is 0 Å². The largest absolute Gasteiger partial charge is 0.369 e. The third-order valence-electron chi connectivity index (χ3n) is 4.62. The molecule has 1 aromatic heterocycles. The van der Waals surface area contributed by atoms with E-state index in [1.807, 2.05) is 0 Å². The molecule has 0 spiro atoms. The normalized spacial score (nSPS) is 16.4. The monoisotopic (exact) mass is 374 g/mol. The lowest BCUT2D eigenvalue weighted by Gasteiger charge is -2.39. The minimum atomic E-state index is 0.472. The van der Waals surface area contributed by atoms with Crippen molar-refractivity contribution in [3.63, 3.8) is 0 Å². The molecule has 1 fully saturated rings. The van der Waals surface area contributed by atoms with Gasteiger partial charge in [-0.05, 0) is 42.7 Å². The first-order chi connectivity index (χ1) is 12.2. The van der Waals surface area contributed by atoms with Gasteiger partial charge >= 0.3 is 0 Å². The predicted octanol–water partition coefficient (Wildman–Crippen LogP) is 2.92. The van der Waals surface area contributed by atoms with E-state index in [-0.39, 0.29) is 0 Å². The van der Waals surface area contributed by atoms with Crippen molar-refractivity contribution in [2.45, 2.75) is 19.5 Å². The highest BCUT2D eigenvalue weighted by atomic mass is 32.1. The van der Waals surface area contributed by atoms with Gasteiger partial charge in [-0.25, -0.2) is 0 Å². The second-order valence-electron chi connectivity index (χ2n) is 6.35.